The third-order valence-corrected chi connectivity index (χ3v) is 1.82. The Morgan fingerprint density at radius 1 is 1.31 bits per heavy atom. The number of Topliss-reactive ketones (excluding diaryl/α,β-unsaturated/α-hetero) is 1. The van der Waals surface area contributed by atoms with Crippen LogP contribution in [0.2, 0.25) is 0 Å². The van der Waals surface area contributed by atoms with Crippen molar-refractivity contribution in [1.29, 1.82) is 0 Å². The summed E-state index contributed by atoms with van der Waals surface area (Å²) in [5.41, 5.74) is 1.15. The summed E-state index contributed by atoms with van der Waals surface area (Å²) in [4.78, 5) is 10.7. The van der Waals surface area contributed by atoms with Crippen LogP contribution < -0.4 is 0 Å². The molecule has 0 aliphatic heterocycles. The van der Waals surface area contributed by atoms with Crippen molar-refractivity contribution >= 4 is 5.78 Å². The average molecular weight is 184 g/mol. The molecule has 0 atom stereocenters. The van der Waals surface area contributed by atoms with Crippen molar-refractivity contribution in [2.24, 2.45) is 0 Å². The van der Waals surface area contributed by atoms with Crippen LogP contribution in [0.4, 0.5) is 8.78 Å². The van der Waals surface area contributed by atoms with E-state index in [1.165, 1.54) is 6.92 Å². The highest BCUT2D eigenvalue weighted by Crippen LogP contribution is 2.14. The molecular formula is C10H10F2O. The number of rotatable bonds is 2. The molecule has 0 unspecified atom stereocenters. The number of halogens is 2. The zero-order chi connectivity index (χ0) is 10.0. The van der Waals surface area contributed by atoms with Gasteiger partial charge in [0.25, 0.3) is 0 Å². The molecule has 1 aromatic carbocycles. The first kappa shape index (κ1) is 9.84. The quantitative estimate of drug-likeness (QED) is 0.689. The van der Waals surface area contributed by atoms with Crippen LogP contribution in [0.5, 0.6) is 0 Å². The lowest BCUT2D eigenvalue weighted by molar-refractivity contribution is -0.116. The van der Waals surface area contributed by atoms with Crippen LogP contribution in [0.1, 0.15) is 18.1 Å². The second-order valence-electron chi connectivity index (χ2n) is 3.07. The molecule has 0 saturated heterocycles. The van der Waals surface area contributed by atoms with Gasteiger partial charge in [-0.3, -0.25) is 4.79 Å². The largest absolute Gasteiger partial charge is 0.300 e. The highest BCUT2D eigenvalue weighted by Gasteiger charge is 2.07. The van der Waals surface area contributed by atoms with Crippen LogP contribution in [-0.2, 0) is 11.2 Å². The third-order valence-electron chi connectivity index (χ3n) is 1.82. The Labute approximate surface area is 75.4 Å². The van der Waals surface area contributed by atoms with E-state index >= 15 is 0 Å². The second kappa shape index (κ2) is 3.64. The van der Waals surface area contributed by atoms with E-state index in [1.54, 1.807) is 6.92 Å². The van der Waals surface area contributed by atoms with Crippen LogP contribution in [0, 0.1) is 18.6 Å². The molecule has 1 rings (SSSR count). The zero-order valence-corrected chi connectivity index (χ0v) is 7.53. The van der Waals surface area contributed by atoms with Gasteiger partial charge in [0.2, 0.25) is 0 Å². The van der Waals surface area contributed by atoms with E-state index in [1.807, 2.05) is 0 Å². The minimum Gasteiger partial charge on any atom is -0.300 e. The van der Waals surface area contributed by atoms with E-state index in [9.17, 15) is 13.6 Å². The Morgan fingerprint density at radius 2 is 1.85 bits per heavy atom. The minimum atomic E-state index is -0.901. The third kappa shape index (κ3) is 2.34. The molecule has 0 heterocycles. The topological polar surface area (TPSA) is 17.1 Å². The van der Waals surface area contributed by atoms with Gasteiger partial charge in [0.05, 0.1) is 0 Å². The summed E-state index contributed by atoms with van der Waals surface area (Å²) in [6.07, 6.45) is 0.156. The first-order valence-corrected chi connectivity index (χ1v) is 3.94. The summed E-state index contributed by atoms with van der Waals surface area (Å²) in [6.45, 7) is 3.07. The lowest BCUT2D eigenvalue weighted by Crippen LogP contribution is -2.00. The van der Waals surface area contributed by atoms with E-state index in [-0.39, 0.29) is 12.2 Å². The normalized spacial score (nSPS) is 10.2. The molecular weight excluding hydrogens is 174 g/mol. The summed E-state index contributed by atoms with van der Waals surface area (Å²) in [5.74, 6) is -1.83. The molecule has 0 amide bonds. The van der Waals surface area contributed by atoms with Gasteiger partial charge in [-0.1, -0.05) is 0 Å². The Balaban J connectivity index is 3.08. The molecule has 13 heavy (non-hydrogen) atoms. The lowest BCUT2D eigenvalue weighted by atomic mass is 10.0. The summed E-state index contributed by atoms with van der Waals surface area (Å²) < 4.78 is 25.4. The molecule has 0 radical (unpaired) electrons. The Morgan fingerprint density at radius 3 is 2.38 bits per heavy atom. The van der Waals surface area contributed by atoms with Gasteiger partial charge in [0, 0.05) is 6.42 Å². The van der Waals surface area contributed by atoms with Crippen molar-refractivity contribution in [2.75, 3.05) is 0 Å². The van der Waals surface area contributed by atoms with E-state index < -0.39 is 11.6 Å². The van der Waals surface area contributed by atoms with E-state index in [0.29, 0.717) is 11.1 Å². The van der Waals surface area contributed by atoms with Crippen molar-refractivity contribution in [2.45, 2.75) is 20.3 Å². The van der Waals surface area contributed by atoms with Crippen molar-refractivity contribution in [3.8, 4) is 0 Å². The first-order valence-electron chi connectivity index (χ1n) is 3.94. The molecule has 0 aliphatic carbocycles. The van der Waals surface area contributed by atoms with Gasteiger partial charge in [-0.15, -0.1) is 0 Å². The predicted molar refractivity (Wildman–Crippen MR) is 45.5 cm³/mol. The molecule has 0 N–H and O–H groups in total. The van der Waals surface area contributed by atoms with Crippen molar-refractivity contribution in [1.82, 2.24) is 0 Å². The lowest BCUT2D eigenvalue weighted by Gasteiger charge is -2.03. The average Bonchev–Trinajstić information content (AvgIpc) is 1.99. The number of hydrogen-bond acceptors (Lipinski definition) is 1. The van der Waals surface area contributed by atoms with Crippen molar-refractivity contribution < 1.29 is 13.6 Å². The second-order valence-corrected chi connectivity index (χ2v) is 3.07. The maximum absolute atomic E-state index is 12.7. The molecule has 1 aromatic rings. The van der Waals surface area contributed by atoms with Crippen LogP contribution in [0.15, 0.2) is 12.1 Å². The highest BCUT2D eigenvalue weighted by molar-refractivity contribution is 5.78. The number of benzene rings is 1. The summed E-state index contributed by atoms with van der Waals surface area (Å²) in [7, 11) is 0. The zero-order valence-electron chi connectivity index (χ0n) is 7.53. The summed E-state index contributed by atoms with van der Waals surface area (Å²) >= 11 is 0. The smallest absolute Gasteiger partial charge is 0.159 e. The van der Waals surface area contributed by atoms with Crippen LogP contribution >= 0.6 is 0 Å². The van der Waals surface area contributed by atoms with Crippen molar-refractivity contribution in [3.05, 3.63) is 34.9 Å². The first-order chi connectivity index (χ1) is 6.00. The fourth-order valence-electron chi connectivity index (χ4n) is 1.15. The van der Waals surface area contributed by atoms with Crippen LogP contribution in [0.25, 0.3) is 0 Å². The number of carbonyl (C=O) groups is 1. The molecule has 0 fully saturated rings. The van der Waals surface area contributed by atoms with Gasteiger partial charge < -0.3 is 0 Å². The molecule has 0 spiro atoms. The number of aryl methyl sites for hydroxylation is 1. The molecule has 70 valence electrons. The molecule has 0 aliphatic rings. The molecule has 0 saturated carbocycles. The Hall–Kier alpha value is -1.25. The van der Waals surface area contributed by atoms with Gasteiger partial charge in [-0.25, -0.2) is 8.78 Å². The van der Waals surface area contributed by atoms with Gasteiger partial charge >= 0.3 is 0 Å². The van der Waals surface area contributed by atoms with Gasteiger partial charge in [0.15, 0.2) is 11.6 Å². The fourth-order valence-corrected chi connectivity index (χ4v) is 1.15. The number of hydrogen-bond donors (Lipinski definition) is 0. The van der Waals surface area contributed by atoms with E-state index in [4.69, 9.17) is 0 Å². The number of ketones is 1. The molecule has 1 nitrogen and oxygen atoms in total. The maximum atomic E-state index is 12.7. The molecule has 0 aromatic heterocycles. The summed E-state index contributed by atoms with van der Waals surface area (Å²) in [6, 6.07) is 2.18. The SMILES string of the molecule is CC(=O)Cc1cc(F)c(F)cc1C. The predicted octanol–water partition coefficient (Wildman–Crippen LogP) is 2.40. The summed E-state index contributed by atoms with van der Waals surface area (Å²) in [5, 5.41) is 0. The minimum absolute atomic E-state index is 0.0610. The van der Waals surface area contributed by atoms with Gasteiger partial charge in [-0.2, -0.15) is 0 Å². The van der Waals surface area contributed by atoms with E-state index in [0.717, 1.165) is 12.1 Å². The molecule has 3 heteroatoms. The van der Waals surface area contributed by atoms with Gasteiger partial charge in [-0.05, 0) is 37.1 Å². The van der Waals surface area contributed by atoms with Crippen LogP contribution in [-0.4, -0.2) is 5.78 Å². The molecule has 0 bridgehead atoms. The van der Waals surface area contributed by atoms with Crippen LogP contribution in [0.3, 0.4) is 0 Å². The monoisotopic (exact) mass is 184 g/mol. The van der Waals surface area contributed by atoms with Gasteiger partial charge in [0.1, 0.15) is 5.78 Å². The van der Waals surface area contributed by atoms with E-state index in [2.05, 4.69) is 0 Å². The fraction of sp³-hybridized carbons (Fsp3) is 0.300. The Bertz CT molecular complexity index is 345. The standard InChI is InChI=1S/C10H10F2O/c1-6-3-9(11)10(12)5-8(6)4-7(2)13/h3,5H,4H2,1-2H3. The number of carbonyl (C=O) groups excluding carboxylic acids is 1. The maximum Gasteiger partial charge on any atom is 0.159 e. The van der Waals surface area contributed by atoms with Crippen molar-refractivity contribution in [3.63, 3.8) is 0 Å². The Kier molecular flexibility index (Phi) is 2.76. The highest BCUT2D eigenvalue weighted by atomic mass is 19.2.